The molecular formula is C21H22ClN3O2. The minimum absolute atomic E-state index is 0.123. The van der Waals surface area contributed by atoms with Gasteiger partial charge in [-0.2, -0.15) is 0 Å². The summed E-state index contributed by atoms with van der Waals surface area (Å²) < 4.78 is 0. The summed E-state index contributed by atoms with van der Waals surface area (Å²) in [6, 6.07) is 14.4. The van der Waals surface area contributed by atoms with Gasteiger partial charge < -0.3 is 10.2 Å². The van der Waals surface area contributed by atoms with Gasteiger partial charge in [0.1, 0.15) is 6.04 Å². The molecule has 0 bridgehead atoms. The molecule has 4 rings (SSSR count). The Balaban J connectivity index is 1.46. The van der Waals surface area contributed by atoms with Crippen LogP contribution in [0.2, 0.25) is 5.02 Å². The van der Waals surface area contributed by atoms with Crippen LogP contribution >= 0.6 is 11.6 Å². The average Bonchev–Trinajstić information content (AvgIpc) is 2.97. The Bertz CT molecular complexity index is 847. The Kier molecular flexibility index (Phi) is 5.03. The predicted octanol–water partition coefficient (Wildman–Crippen LogP) is 4.07. The van der Waals surface area contributed by atoms with Gasteiger partial charge in [-0.05, 0) is 55.7 Å². The van der Waals surface area contributed by atoms with Crippen LogP contribution in [0.3, 0.4) is 0 Å². The first kappa shape index (κ1) is 17.9. The van der Waals surface area contributed by atoms with Crippen LogP contribution in [0.5, 0.6) is 0 Å². The van der Waals surface area contributed by atoms with Crippen molar-refractivity contribution in [1.82, 2.24) is 0 Å². The number of rotatable bonds is 4. The fraction of sp³-hybridized carbons (Fsp3) is 0.333. The Morgan fingerprint density at radius 2 is 1.63 bits per heavy atom. The van der Waals surface area contributed by atoms with E-state index in [1.807, 2.05) is 12.1 Å². The van der Waals surface area contributed by atoms with Crippen molar-refractivity contribution in [3.8, 4) is 0 Å². The molecule has 2 aliphatic heterocycles. The van der Waals surface area contributed by atoms with Crippen molar-refractivity contribution >= 4 is 40.5 Å². The van der Waals surface area contributed by atoms with E-state index in [9.17, 15) is 9.59 Å². The number of nitrogens with zero attached hydrogens (tertiary/aromatic N) is 2. The molecule has 0 aromatic heterocycles. The van der Waals surface area contributed by atoms with Gasteiger partial charge >= 0.3 is 0 Å². The summed E-state index contributed by atoms with van der Waals surface area (Å²) in [6.45, 7) is 2.18. The number of piperidine rings is 1. The normalized spacial score (nSPS) is 20.3. The van der Waals surface area contributed by atoms with Crippen molar-refractivity contribution in [2.75, 3.05) is 28.2 Å². The van der Waals surface area contributed by atoms with Crippen LogP contribution in [0, 0.1) is 0 Å². The van der Waals surface area contributed by atoms with Crippen LogP contribution < -0.4 is 15.1 Å². The highest BCUT2D eigenvalue weighted by molar-refractivity contribution is 6.36. The second kappa shape index (κ2) is 7.61. The number of anilines is 3. The molecule has 2 saturated heterocycles. The first-order valence-corrected chi connectivity index (χ1v) is 9.74. The van der Waals surface area contributed by atoms with E-state index in [2.05, 4.69) is 22.3 Å². The van der Waals surface area contributed by atoms with E-state index in [0.717, 1.165) is 18.8 Å². The van der Waals surface area contributed by atoms with Gasteiger partial charge in [-0.3, -0.25) is 9.59 Å². The molecule has 6 heteroatoms. The molecule has 0 radical (unpaired) electrons. The molecule has 0 spiro atoms. The van der Waals surface area contributed by atoms with Crippen LogP contribution in [0.4, 0.5) is 17.1 Å². The Hall–Kier alpha value is -2.53. The molecule has 27 heavy (non-hydrogen) atoms. The van der Waals surface area contributed by atoms with Crippen molar-refractivity contribution in [2.24, 2.45) is 0 Å². The smallest absolute Gasteiger partial charge is 0.256 e. The zero-order chi connectivity index (χ0) is 18.8. The largest absolute Gasteiger partial charge is 0.373 e. The monoisotopic (exact) mass is 383 g/mol. The molecule has 1 atom stereocenters. The number of imide groups is 1. The lowest BCUT2D eigenvalue weighted by molar-refractivity contribution is -0.121. The average molecular weight is 384 g/mol. The Morgan fingerprint density at radius 1 is 0.926 bits per heavy atom. The molecule has 2 aliphatic rings. The highest BCUT2D eigenvalue weighted by atomic mass is 35.5. The minimum Gasteiger partial charge on any atom is -0.373 e. The second-order valence-electron chi connectivity index (χ2n) is 7.01. The topological polar surface area (TPSA) is 52.7 Å². The van der Waals surface area contributed by atoms with Crippen molar-refractivity contribution in [3.05, 3.63) is 53.6 Å². The number of halogens is 1. The van der Waals surface area contributed by atoms with E-state index >= 15 is 0 Å². The van der Waals surface area contributed by atoms with Crippen LogP contribution in [0.25, 0.3) is 0 Å². The number of carbonyl (C=O) groups excluding carboxylic acids is 2. The van der Waals surface area contributed by atoms with Gasteiger partial charge in [-0.25, -0.2) is 4.90 Å². The third-order valence-electron chi connectivity index (χ3n) is 5.17. The third kappa shape index (κ3) is 3.65. The van der Waals surface area contributed by atoms with E-state index in [1.165, 1.54) is 29.8 Å². The molecular weight excluding hydrogens is 362 g/mol. The zero-order valence-electron chi connectivity index (χ0n) is 15.0. The van der Waals surface area contributed by atoms with Gasteiger partial charge in [0.05, 0.1) is 17.1 Å². The molecule has 2 aromatic carbocycles. The van der Waals surface area contributed by atoms with Crippen molar-refractivity contribution in [2.45, 2.75) is 31.7 Å². The maximum Gasteiger partial charge on any atom is 0.256 e. The van der Waals surface area contributed by atoms with Gasteiger partial charge in [0, 0.05) is 24.5 Å². The number of amides is 2. The van der Waals surface area contributed by atoms with E-state index in [4.69, 9.17) is 11.6 Å². The van der Waals surface area contributed by atoms with Crippen LogP contribution in [-0.2, 0) is 9.59 Å². The first-order valence-electron chi connectivity index (χ1n) is 9.36. The molecule has 0 aliphatic carbocycles. The fourth-order valence-corrected chi connectivity index (χ4v) is 3.97. The fourth-order valence-electron chi connectivity index (χ4n) is 3.75. The quantitative estimate of drug-likeness (QED) is 0.808. The summed E-state index contributed by atoms with van der Waals surface area (Å²) in [6.07, 6.45) is 3.89. The van der Waals surface area contributed by atoms with E-state index in [1.54, 1.807) is 24.3 Å². The van der Waals surface area contributed by atoms with Crippen LogP contribution in [-0.4, -0.2) is 30.9 Å². The molecule has 5 nitrogen and oxygen atoms in total. The van der Waals surface area contributed by atoms with Gasteiger partial charge in [0.2, 0.25) is 5.91 Å². The summed E-state index contributed by atoms with van der Waals surface area (Å²) >= 11 is 6.16. The second-order valence-corrected chi connectivity index (χ2v) is 7.42. The van der Waals surface area contributed by atoms with Crippen LogP contribution in [0.1, 0.15) is 25.7 Å². The standard InChI is InChI=1S/C21H22ClN3O2/c22-17-6-2-3-7-19(17)25-20(26)14-18(21(25)27)23-15-8-10-16(11-9-15)24-12-4-1-5-13-24/h2-3,6-11,18,23H,1,4-5,12-14H2. The summed E-state index contributed by atoms with van der Waals surface area (Å²) in [5.74, 6) is -0.510. The first-order chi connectivity index (χ1) is 13.1. The molecule has 140 valence electrons. The summed E-state index contributed by atoms with van der Waals surface area (Å²) in [5, 5.41) is 3.59. The Labute approximate surface area is 163 Å². The number of hydrogen-bond donors (Lipinski definition) is 1. The zero-order valence-corrected chi connectivity index (χ0v) is 15.8. The lowest BCUT2D eigenvalue weighted by atomic mass is 10.1. The van der Waals surface area contributed by atoms with E-state index in [-0.39, 0.29) is 18.2 Å². The minimum atomic E-state index is -0.574. The molecule has 2 aromatic rings. The third-order valence-corrected chi connectivity index (χ3v) is 5.49. The molecule has 1 N–H and O–H groups in total. The van der Waals surface area contributed by atoms with E-state index in [0.29, 0.717) is 10.7 Å². The van der Waals surface area contributed by atoms with Crippen LogP contribution in [0.15, 0.2) is 48.5 Å². The summed E-state index contributed by atoms with van der Waals surface area (Å²) in [5.41, 5.74) is 2.48. The number of benzene rings is 2. The SMILES string of the molecule is O=C1CC(Nc2ccc(N3CCCCC3)cc2)C(=O)N1c1ccccc1Cl. The maximum atomic E-state index is 12.8. The predicted molar refractivity (Wildman–Crippen MR) is 108 cm³/mol. The number of nitrogens with one attached hydrogen (secondary N) is 1. The van der Waals surface area contributed by atoms with Crippen molar-refractivity contribution in [3.63, 3.8) is 0 Å². The maximum absolute atomic E-state index is 12.8. The molecule has 1 unspecified atom stereocenters. The van der Waals surface area contributed by atoms with Gasteiger partial charge in [0.15, 0.2) is 0 Å². The summed E-state index contributed by atoms with van der Waals surface area (Å²) in [4.78, 5) is 28.7. The highest BCUT2D eigenvalue weighted by Crippen LogP contribution is 2.31. The van der Waals surface area contributed by atoms with Gasteiger partial charge in [0.25, 0.3) is 5.91 Å². The molecule has 0 saturated carbocycles. The Morgan fingerprint density at radius 3 is 2.33 bits per heavy atom. The lowest BCUT2D eigenvalue weighted by Crippen LogP contribution is -2.35. The lowest BCUT2D eigenvalue weighted by Gasteiger charge is -2.29. The highest BCUT2D eigenvalue weighted by Gasteiger charge is 2.40. The molecule has 2 heterocycles. The molecule has 2 amide bonds. The van der Waals surface area contributed by atoms with Crippen molar-refractivity contribution in [1.29, 1.82) is 0 Å². The molecule has 2 fully saturated rings. The van der Waals surface area contributed by atoms with Crippen molar-refractivity contribution < 1.29 is 9.59 Å². The van der Waals surface area contributed by atoms with Gasteiger partial charge in [-0.1, -0.05) is 23.7 Å². The van der Waals surface area contributed by atoms with Gasteiger partial charge in [-0.15, -0.1) is 0 Å². The number of hydrogen-bond acceptors (Lipinski definition) is 4. The number of para-hydroxylation sites is 1. The number of carbonyl (C=O) groups is 2. The van der Waals surface area contributed by atoms with E-state index < -0.39 is 6.04 Å². The summed E-state index contributed by atoms with van der Waals surface area (Å²) in [7, 11) is 0.